The van der Waals surface area contributed by atoms with Gasteiger partial charge in [0, 0.05) is 25.6 Å². The number of hydrogen-bond donors (Lipinski definition) is 1. The quantitative estimate of drug-likeness (QED) is 0.731. The third kappa shape index (κ3) is 5.28. The topological polar surface area (TPSA) is 69.7 Å². The number of nitrogens with zero attached hydrogens (tertiary/aromatic N) is 2. The molecule has 1 aliphatic heterocycles. The Balaban J connectivity index is 1.88. The summed E-state index contributed by atoms with van der Waals surface area (Å²) < 4.78 is 27.2. The molecule has 1 heterocycles. The van der Waals surface area contributed by atoms with E-state index in [0.29, 0.717) is 37.4 Å². The number of sulfonamides is 1. The largest absolute Gasteiger partial charge is 0.356 e. The van der Waals surface area contributed by atoms with Gasteiger partial charge in [-0.2, -0.15) is 4.31 Å². The van der Waals surface area contributed by atoms with Crippen molar-refractivity contribution in [1.82, 2.24) is 14.5 Å². The van der Waals surface area contributed by atoms with Gasteiger partial charge in [-0.3, -0.25) is 4.79 Å². The summed E-state index contributed by atoms with van der Waals surface area (Å²) in [4.78, 5) is 14.7. The van der Waals surface area contributed by atoms with Gasteiger partial charge in [0.2, 0.25) is 15.9 Å². The number of nitrogens with one attached hydrogen (secondary N) is 1. The van der Waals surface area contributed by atoms with Gasteiger partial charge in [-0.1, -0.05) is 6.07 Å². The van der Waals surface area contributed by atoms with Crippen LogP contribution in [0.5, 0.6) is 0 Å². The van der Waals surface area contributed by atoms with Crippen LogP contribution in [0.1, 0.15) is 30.4 Å². The highest BCUT2D eigenvalue weighted by atomic mass is 32.2. The molecule has 7 heteroatoms. The van der Waals surface area contributed by atoms with E-state index in [1.165, 1.54) is 4.31 Å². The van der Waals surface area contributed by atoms with Crippen LogP contribution in [0, 0.1) is 19.8 Å². The van der Waals surface area contributed by atoms with Crippen molar-refractivity contribution in [2.75, 3.05) is 40.3 Å². The maximum Gasteiger partial charge on any atom is 0.243 e. The van der Waals surface area contributed by atoms with Gasteiger partial charge in [-0.25, -0.2) is 8.42 Å². The van der Waals surface area contributed by atoms with Gasteiger partial charge in [0.05, 0.1) is 4.90 Å². The van der Waals surface area contributed by atoms with Crippen LogP contribution in [0.4, 0.5) is 0 Å². The van der Waals surface area contributed by atoms with Crippen LogP contribution in [0.2, 0.25) is 0 Å². The van der Waals surface area contributed by atoms with Gasteiger partial charge < -0.3 is 10.2 Å². The smallest absolute Gasteiger partial charge is 0.243 e. The number of rotatable bonds is 7. The van der Waals surface area contributed by atoms with E-state index in [4.69, 9.17) is 0 Å². The third-order valence-electron chi connectivity index (χ3n) is 5.02. The first-order valence-electron chi connectivity index (χ1n) is 9.21. The Morgan fingerprint density at radius 3 is 2.42 bits per heavy atom. The normalized spacial score (nSPS) is 16.8. The number of aryl methyl sites for hydroxylation is 2. The Morgan fingerprint density at radius 2 is 1.85 bits per heavy atom. The number of carbonyl (C=O) groups excluding carboxylic acids is 1. The summed E-state index contributed by atoms with van der Waals surface area (Å²) in [5, 5.41) is 2.97. The van der Waals surface area contributed by atoms with E-state index in [9.17, 15) is 13.2 Å². The summed E-state index contributed by atoms with van der Waals surface area (Å²) in [6.07, 6.45) is 2.06. The minimum absolute atomic E-state index is 0.0481. The van der Waals surface area contributed by atoms with Gasteiger partial charge in [0.15, 0.2) is 0 Å². The van der Waals surface area contributed by atoms with Gasteiger partial charge in [0.1, 0.15) is 0 Å². The molecule has 1 amide bonds. The molecule has 0 radical (unpaired) electrons. The van der Waals surface area contributed by atoms with Gasteiger partial charge in [-0.05, 0) is 77.0 Å². The van der Waals surface area contributed by atoms with E-state index < -0.39 is 10.0 Å². The maximum atomic E-state index is 12.8. The Kier molecular flexibility index (Phi) is 7.20. The minimum Gasteiger partial charge on any atom is -0.356 e. The van der Waals surface area contributed by atoms with E-state index >= 15 is 0 Å². The highest BCUT2D eigenvalue weighted by Crippen LogP contribution is 2.25. The van der Waals surface area contributed by atoms with Crippen molar-refractivity contribution >= 4 is 15.9 Å². The third-order valence-corrected chi connectivity index (χ3v) is 6.92. The number of piperidine rings is 1. The summed E-state index contributed by atoms with van der Waals surface area (Å²) in [5.41, 5.74) is 2.05. The molecule has 0 aromatic heterocycles. The van der Waals surface area contributed by atoms with Crippen LogP contribution in [-0.2, 0) is 14.8 Å². The minimum atomic E-state index is -3.48. The van der Waals surface area contributed by atoms with Crippen molar-refractivity contribution in [2.45, 2.75) is 38.0 Å². The maximum absolute atomic E-state index is 12.8. The van der Waals surface area contributed by atoms with Crippen LogP contribution in [0.15, 0.2) is 23.1 Å². The molecule has 2 rings (SSSR count). The first kappa shape index (κ1) is 20.9. The van der Waals surface area contributed by atoms with Crippen LogP contribution < -0.4 is 5.32 Å². The highest BCUT2D eigenvalue weighted by Gasteiger charge is 2.32. The Morgan fingerprint density at radius 1 is 1.19 bits per heavy atom. The summed E-state index contributed by atoms with van der Waals surface area (Å²) >= 11 is 0. The van der Waals surface area contributed by atoms with Crippen molar-refractivity contribution in [2.24, 2.45) is 5.92 Å². The van der Waals surface area contributed by atoms with Crippen molar-refractivity contribution < 1.29 is 13.2 Å². The lowest BCUT2D eigenvalue weighted by atomic mass is 9.97. The number of hydrogen-bond acceptors (Lipinski definition) is 4. The first-order valence-corrected chi connectivity index (χ1v) is 10.7. The second-order valence-corrected chi connectivity index (χ2v) is 9.31. The molecule has 1 aromatic carbocycles. The summed E-state index contributed by atoms with van der Waals surface area (Å²) in [5.74, 6) is -0.0486. The molecule has 0 bridgehead atoms. The second kappa shape index (κ2) is 8.97. The Bertz CT molecular complexity index is 724. The predicted octanol–water partition coefficient (Wildman–Crippen LogP) is 1.77. The average molecular weight is 382 g/mol. The fourth-order valence-corrected chi connectivity index (χ4v) is 4.69. The summed E-state index contributed by atoms with van der Waals surface area (Å²) in [6.45, 7) is 6.27. The lowest BCUT2D eigenvalue weighted by Gasteiger charge is -2.30. The van der Waals surface area contributed by atoms with Crippen molar-refractivity contribution in [1.29, 1.82) is 0 Å². The fourth-order valence-electron chi connectivity index (χ4n) is 3.13. The van der Waals surface area contributed by atoms with E-state index in [0.717, 1.165) is 24.1 Å². The van der Waals surface area contributed by atoms with E-state index in [1.807, 2.05) is 34.0 Å². The van der Waals surface area contributed by atoms with E-state index in [1.54, 1.807) is 12.1 Å². The van der Waals surface area contributed by atoms with Crippen LogP contribution in [0.25, 0.3) is 0 Å². The molecule has 6 nitrogen and oxygen atoms in total. The number of amides is 1. The molecule has 0 unspecified atom stereocenters. The molecule has 1 N–H and O–H groups in total. The van der Waals surface area contributed by atoms with Crippen molar-refractivity contribution in [3.8, 4) is 0 Å². The van der Waals surface area contributed by atoms with E-state index in [-0.39, 0.29) is 11.8 Å². The SMILES string of the molecule is Cc1ccc(S(=O)(=O)N2CCC(C(=O)NCCCN(C)C)CC2)cc1C. The molecule has 146 valence electrons. The molecule has 0 spiro atoms. The molecule has 1 saturated heterocycles. The van der Waals surface area contributed by atoms with E-state index in [2.05, 4.69) is 10.2 Å². The number of carbonyl (C=O) groups is 1. The molecule has 26 heavy (non-hydrogen) atoms. The van der Waals surface area contributed by atoms with Gasteiger partial charge >= 0.3 is 0 Å². The van der Waals surface area contributed by atoms with Crippen molar-refractivity contribution in [3.05, 3.63) is 29.3 Å². The molecule has 0 aliphatic carbocycles. The van der Waals surface area contributed by atoms with Crippen molar-refractivity contribution in [3.63, 3.8) is 0 Å². The van der Waals surface area contributed by atoms with Crippen LogP contribution in [0.3, 0.4) is 0 Å². The Hall–Kier alpha value is -1.44. The van der Waals surface area contributed by atoms with Crippen LogP contribution >= 0.6 is 0 Å². The zero-order chi connectivity index (χ0) is 19.3. The zero-order valence-corrected chi connectivity index (χ0v) is 17.1. The average Bonchev–Trinajstić information content (AvgIpc) is 2.60. The summed E-state index contributed by atoms with van der Waals surface area (Å²) in [6, 6.07) is 5.24. The monoisotopic (exact) mass is 381 g/mol. The fraction of sp³-hybridized carbons (Fsp3) is 0.632. The molecular formula is C19H31N3O3S. The van der Waals surface area contributed by atoms with Crippen LogP contribution in [-0.4, -0.2) is 63.8 Å². The Labute approximate surface area is 157 Å². The lowest BCUT2D eigenvalue weighted by Crippen LogP contribution is -2.43. The highest BCUT2D eigenvalue weighted by molar-refractivity contribution is 7.89. The molecular weight excluding hydrogens is 350 g/mol. The van der Waals surface area contributed by atoms with Gasteiger partial charge in [0.25, 0.3) is 0 Å². The first-order chi connectivity index (χ1) is 12.2. The second-order valence-electron chi connectivity index (χ2n) is 7.37. The standard InChI is InChI=1S/C19H31N3O3S/c1-15-6-7-18(14-16(15)2)26(24,25)22-12-8-17(9-13-22)19(23)20-10-5-11-21(3)4/h6-7,14,17H,5,8-13H2,1-4H3,(H,20,23). The predicted molar refractivity (Wildman–Crippen MR) is 104 cm³/mol. The zero-order valence-electron chi connectivity index (χ0n) is 16.3. The lowest BCUT2D eigenvalue weighted by molar-refractivity contribution is -0.126. The molecule has 0 atom stereocenters. The molecule has 1 fully saturated rings. The molecule has 1 aromatic rings. The number of benzene rings is 1. The molecule has 0 saturated carbocycles. The summed E-state index contributed by atoms with van der Waals surface area (Å²) in [7, 11) is 0.530. The molecule has 1 aliphatic rings. The van der Waals surface area contributed by atoms with Gasteiger partial charge in [-0.15, -0.1) is 0 Å².